The second kappa shape index (κ2) is 6.44. The largest absolute Gasteiger partial charge is 0.369 e. The zero-order valence-electron chi connectivity index (χ0n) is 9.87. The van der Waals surface area contributed by atoms with Gasteiger partial charge in [0.1, 0.15) is 22.4 Å². The summed E-state index contributed by atoms with van der Waals surface area (Å²) >= 11 is 5.58. The molecular weight excluding hydrogens is 300 g/mol. The van der Waals surface area contributed by atoms with Crippen molar-refractivity contribution in [3.63, 3.8) is 0 Å². The van der Waals surface area contributed by atoms with Crippen LogP contribution < -0.4 is 10.6 Å². The van der Waals surface area contributed by atoms with E-state index < -0.39 is 0 Å². The molecule has 0 spiro atoms. The fraction of sp³-hybridized carbons (Fsp3) is 0.636. The molecule has 1 aliphatic heterocycles. The molecule has 1 aliphatic rings. The molecule has 0 unspecified atom stereocenters. The van der Waals surface area contributed by atoms with Crippen molar-refractivity contribution in [1.82, 2.24) is 9.97 Å². The number of nitrogens with one attached hydrogen (secondary N) is 2. The van der Waals surface area contributed by atoms with Gasteiger partial charge in [0.15, 0.2) is 0 Å². The maximum Gasteiger partial charge on any atom is 0.146 e. The van der Waals surface area contributed by atoms with Gasteiger partial charge in [0, 0.05) is 12.6 Å². The van der Waals surface area contributed by atoms with Gasteiger partial charge >= 0.3 is 0 Å². The van der Waals surface area contributed by atoms with Gasteiger partial charge in [0.25, 0.3) is 0 Å². The van der Waals surface area contributed by atoms with Crippen LogP contribution in [0.5, 0.6) is 0 Å². The van der Waals surface area contributed by atoms with Crippen molar-refractivity contribution in [2.75, 3.05) is 28.7 Å². The van der Waals surface area contributed by atoms with E-state index in [9.17, 15) is 0 Å². The van der Waals surface area contributed by atoms with Crippen molar-refractivity contribution < 1.29 is 0 Å². The summed E-state index contributed by atoms with van der Waals surface area (Å²) in [5.74, 6) is 4.23. The summed E-state index contributed by atoms with van der Waals surface area (Å²) in [4.78, 5) is 8.51. The van der Waals surface area contributed by atoms with Gasteiger partial charge in [-0.25, -0.2) is 9.97 Å². The standard InChI is InChI=1S/C11H17BrN4S/c1-2-13-10-9(12)11(15-7-14-10)16-8-3-5-17-6-4-8/h7-8H,2-6H2,1H3,(H2,13,14,15,16). The van der Waals surface area contributed by atoms with E-state index in [4.69, 9.17) is 0 Å². The second-order valence-electron chi connectivity index (χ2n) is 3.95. The van der Waals surface area contributed by atoms with Gasteiger partial charge in [0.2, 0.25) is 0 Å². The lowest BCUT2D eigenvalue weighted by Gasteiger charge is -2.23. The number of halogens is 1. The summed E-state index contributed by atoms with van der Waals surface area (Å²) in [5, 5.41) is 6.71. The smallest absolute Gasteiger partial charge is 0.146 e. The molecular formula is C11H17BrN4S. The molecule has 0 amide bonds. The predicted octanol–water partition coefficient (Wildman–Crippen LogP) is 2.98. The first-order valence-corrected chi connectivity index (χ1v) is 7.84. The number of nitrogens with zero attached hydrogens (tertiary/aromatic N) is 2. The molecule has 1 saturated heterocycles. The van der Waals surface area contributed by atoms with Crippen molar-refractivity contribution >= 4 is 39.3 Å². The van der Waals surface area contributed by atoms with E-state index in [1.54, 1.807) is 6.33 Å². The third-order valence-electron chi connectivity index (χ3n) is 2.70. The normalized spacial score (nSPS) is 16.8. The van der Waals surface area contributed by atoms with Gasteiger partial charge in [-0.05, 0) is 47.2 Å². The monoisotopic (exact) mass is 316 g/mol. The van der Waals surface area contributed by atoms with Crippen molar-refractivity contribution in [2.45, 2.75) is 25.8 Å². The Labute approximate surface area is 115 Å². The van der Waals surface area contributed by atoms with Gasteiger partial charge in [-0.3, -0.25) is 0 Å². The molecule has 0 bridgehead atoms. The number of thioether (sulfide) groups is 1. The molecule has 6 heteroatoms. The minimum atomic E-state index is 0.539. The molecule has 2 rings (SSSR count). The van der Waals surface area contributed by atoms with Gasteiger partial charge in [0.05, 0.1) is 0 Å². The fourth-order valence-corrected chi connectivity index (χ4v) is 3.36. The Morgan fingerprint density at radius 1 is 1.35 bits per heavy atom. The summed E-state index contributed by atoms with van der Waals surface area (Å²) in [6.45, 7) is 2.91. The van der Waals surface area contributed by atoms with Crippen LogP contribution >= 0.6 is 27.7 Å². The molecule has 0 atom stereocenters. The van der Waals surface area contributed by atoms with E-state index in [1.807, 2.05) is 11.8 Å². The van der Waals surface area contributed by atoms with Crippen LogP contribution in [0.15, 0.2) is 10.8 Å². The molecule has 0 aromatic carbocycles. The van der Waals surface area contributed by atoms with Gasteiger partial charge in [-0.15, -0.1) is 0 Å². The van der Waals surface area contributed by atoms with Gasteiger partial charge in [-0.1, -0.05) is 0 Å². The number of hydrogen-bond acceptors (Lipinski definition) is 5. The van der Waals surface area contributed by atoms with E-state index in [-0.39, 0.29) is 0 Å². The Morgan fingerprint density at radius 3 is 2.76 bits per heavy atom. The SMILES string of the molecule is CCNc1ncnc(NC2CCSCC2)c1Br. The van der Waals surface area contributed by atoms with Crippen LogP contribution in [0.25, 0.3) is 0 Å². The lowest BCUT2D eigenvalue weighted by molar-refractivity contribution is 0.663. The van der Waals surface area contributed by atoms with Gasteiger partial charge in [-0.2, -0.15) is 11.8 Å². The van der Waals surface area contributed by atoms with Crippen LogP contribution in [-0.4, -0.2) is 34.1 Å². The van der Waals surface area contributed by atoms with Crippen LogP contribution in [-0.2, 0) is 0 Å². The number of aromatic nitrogens is 2. The Hall–Kier alpha value is -0.490. The lowest BCUT2D eigenvalue weighted by atomic mass is 10.1. The number of rotatable bonds is 4. The first-order chi connectivity index (χ1) is 8.31. The first-order valence-electron chi connectivity index (χ1n) is 5.90. The Morgan fingerprint density at radius 2 is 2.06 bits per heavy atom. The number of anilines is 2. The molecule has 1 aromatic rings. The first kappa shape index (κ1) is 13.0. The molecule has 1 aromatic heterocycles. The highest BCUT2D eigenvalue weighted by molar-refractivity contribution is 9.10. The molecule has 0 radical (unpaired) electrons. The summed E-state index contributed by atoms with van der Waals surface area (Å²) in [6.07, 6.45) is 4.01. The highest BCUT2D eigenvalue weighted by Crippen LogP contribution is 2.28. The Balaban J connectivity index is 2.06. The topological polar surface area (TPSA) is 49.8 Å². The number of hydrogen-bond donors (Lipinski definition) is 2. The van der Waals surface area contributed by atoms with Crippen LogP contribution in [0.2, 0.25) is 0 Å². The fourth-order valence-electron chi connectivity index (χ4n) is 1.80. The van der Waals surface area contributed by atoms with Crippen molar-refractivity contribution in [1.29, 1.82) is 0 Å². The van der Waals surface area contributed by atoms with Crippen LogP contribution in [0, 0.1) is 0 Å². The third kappa shape index (κ3) is 3.48. The molecule has 0 saturated carbocycles. The van der Waals surface area contributed by atoms with Crippen LogP contribution in [0.1, 0.15) is 19.8 Å². The van der Waals surface area contributed by atoms with Crippen molar-refractivity contribution in [2.24, 2.45) is 0 Å². The average molecular weight is 317 g/mol. The van der Waals surface area contributed by atoms with E-state index in [1.165, 1.54) is 24.3 Å². The van der Waals surface area contributed by atoms with Gasteiger partial charge < -0.3 is 10.6 Å². The molecule has 94 valence electrons. The Kier molecular flexibility index (Phi) is 4.91. The van der Waals surface area contributed by atoms with E-state index >= 15 is 0 Å². The van der Waals surface area contributed by atoms with E-state index in [0.717, 1.165) is 22.7 Å². The summed E-state index contributed by atoms with van der Waals surface area (Å²) in [7, 11) is 0. The van der Waals surface area contributed by atoms with Crippen LogP contribution in [0.3, 0.4) is 0 Å². The lowest BCUT2D eigenvalue weighted by Crippen LogP contribution is -2.25. The molecule has 1 fully saturated rings. The van der Waals surface area contributed by atoms with Crippen molar-refractivity contribution in [3.8, 4) is 0 Å². The zero-order valence-corrected chi connectivity index (χ0v) is 12.3. The molecule has 2 heterocycles. The quantitative estimate of drug-likeness (QED) is 0.894. The summed E-state index contributed by atoms with van der Waals surface area (Å²) in [5.41, 5.74) is 0. The second-order valence-corrected chi connectivity index (χ2v) is 5.96. The van der Waals surface area contributed by atoms with E-state index in [2.05, 4.69) is 43.5 Å². The maximum absolute atomic E-state index is 4.30. The van der Waals surface area contributed by atoms with Crippen molar-refractivity contribution in [3.05, 3.63) is 10.8 Å². The van der Waals surface area contributed by atoms with E-state index in [0.29, 0.717) is 6.04 Å². The summed E-state index contributed by atoms with van der Waals surface area (Å²) in [6, 6.07) is 0.539. The summed E-state index contributed by atoms with van der Waals surface area (Å²) < 4.78 is 0.931. The Bertz CT molecular complexity index is 368. The molecule has 2 N–H and O–H groups in total. The highest BCUT2D eigenvalue weighted by atomic mass is 79.9. The highest BCUT2D eigenvalue weighted by Gasteiger charge is 2.16. The van der Waals surface area contributed by atoms with Crippen LogP contribution in [0.4, 0.5) is 11.6 Å². The third-order valence-corrected chi connectivity index (χ3v) is 4.50. The molecule has 17 heavy (non-hydrogen) atoms. The minimum absolute atomic E-state index is 0.539. The average Bonchev–Trinajstić information content (AvgIpc) is 2.36. The maximum atomic E-state index is 4.30. The zero-order chi connectivity index (χ0) is 12.1. The molecule has 4 nitrogen and oxygen atoms in total. The minimum Gasteiger partial charge on any atom is -0.369 e. The molecule has 0 aliphatic carbocycles. The predicted molar refractivity (Wildman–Crippen MR) is 77.9 cm³/mol.